The van der Waals surface area contributed by atoms with Crippen LogP contribution in [-0.2, 0) is 22.6 Å². The van der Waals surface area contributed by atoms with Crippen molar-refractivity contribution in [2.24, 2.45) is 11.8 Å². The van der Waals surface area contributed by atoms with Crippen LogP contribution < -0.4 is 10.6 Å². The molecular weight excluding hydrogens is 410 g/mol. The molecule has 1 heterocycles. The zero-order valence-corrected chi connectivity index (χ0v) is 19.7. The second-order valence-corrected chi connectivity index (χ2v) is 8.69. The van der Waals surface area contributed by atoms with Crippen molar-refractivity contribution in [3.8, 4) is 0 Å². The molecule has 8 nitrogen and oxygen atoms in total. The molecule has 0 radical (unpaired) electrons. The summed E-state index contributed by atoms with van der Waals surface area (Å²) in [5.41, 5.74) is 1.11. The molecule has 8 heteroatoms. The normalized spacial score (nSPS) is 20.2. The number of nitrogens with one attached hydrogen (secondary N) is 2. The lowest BCUT2D eigenvalue weighted by molar-refractivity contribution is -0.126. The molecule has 0 aromatic carbocycles. The maximum absolute atomic E-state index is 12.7. The summed E-state index contributed by atoms with van der Waals surface area (Å²) < 4.78 is 5.87. The van der Waals surface area contributed by atoms with Gasteiger partial charge in [0.15, 0.2) is 5.76 Å². The number of hydrogen-bond donors (Lipinski definition) is 3. The Morgan fingerprint density at radius 3 is 2.28 bits per heavy atom. The van der Waals surface area contributed by atoms with E-state index in [1.807, 2.05) is 6.07 Å². The fourth-order valence-electron chi connectivity index (χ4n) is 4.17. The Morgan fingerprint density at radius 2 is 1.75 bits per heavy atom. The fourth-order valence-corrected chi connectivity index (χ4v) is 4.17. The van der Waals surface area contributed by atoms with Gasteiger partial charge in [-0.25, -0.2) is 0 Å². The lowest BCUT2D eigenvalue weighted by Gasteiger charge is -2.28. The number of nitrogens with zero attached hydrogens (tertiary/aromatic N) is 1. The van der Waals surface area contributed by atoms with Crippen molar-refractivity contribution in [1.82, 2.24) is 15.5 Å². The highest BCUT2D eigenvalue weighted by Gasteiger charge is 2.29. The number of carbonyl (C=O) groups is 3. The number of carbonyl (C=O) groups excluding carboxylic acids is 2. The molecule has 0 saturated heterocycles. The highest BCUT2D eigenvalue weighted by atomic mass is 16.4. The molecule has 2 aliphatic rings. The molecule has 0 spiro atoms. The molecule has 1 aromatic heterocycles. The summed E-state index contributed by atoms with van der Waals surface area (Å²) in [5, 5.41) is 13.1. The predicted molar refractivity (Wildman–Crippen MR) is 122 cm³/mol. The highest BCUT2D eigenvalue weighted by molar-refractivity contribution is 5.92. The average molecular weight is 450 g/mol. The molecule has 0 unspecified atom stereocenters. The first kappa shape index (κ1) is 25.9. The first-order valence-corrected chi connectivity index (χ1v) is 12.0. The van der Waals surface area contributed by atoms with Crippen LogP contribution in [0.15, 0.2) is 10.5 Å². The van der Waals surface area contributed by atoms with Crippen LogP contribution >= 0.6 is 0 Å². The SMILES string of the molecule is CCc1oc(C(=O)NC2CCC(C(=O)NCC3CC3)CC2)cc1CN(CC)CC.O=CO. The van der Waals surface area contributed by atoms with Crippen molar-refractivity contribution in [3.05, 3.63) is 23.2 Å². The monoisotopic (exact) mass is 449 g/mol. The summed E-state index contributed by atoms with van der Waals surface area (Å²) >= 11 is 0. The van der Waals surface area contributed by atoms with Gasteiger partial charge in [0.05, 0.1) is 0 Å². The summed E-state index contributed by atoms with van der Waals surface area (Å²) in [6, 6.07) is 2.03. The first-order chi connectivity index (χ1) is 15.4. The smallest absolute Gasteiger partial charge is 0.290 e. The highest BCUT2D eigenvalue weighted by Crippen LogP contribution is 2.29. The van der Waals surface area contributed by atoms with E-state index in [0.29, 0.717) is 11.7 Å². The first-order valence-electron chi connectivity index (χ1n) is 12.0. The molecule has 2 amide bonds. The zero-order valence-electron chi connectivity index (χ0n) is 19.7. The maximum Gasteiger partial charge on any atom is 0.290 e. The van der Waals surface area contributed by atoms with Crippen molar-refractivity contribution in [3.63, 3.8) is 0 Å². The predicted octanol–water partition coefficient (Wildman–Crippen LogP) is 3.20. The molecule has 2 aliphatic carbocycles. The quantitative estimate of drug-likeness (QED) is 0.473. The van der Waals surface area contributed by atoms with Crippen LogP contribution in [0, 0.1) is 11.8 Å². The minimum absolute atomic E-state index is 0.0953. The van der Waals surface area contributed by atoms with Crippen LogP contribution in [0.3, 0.4) is 0 Å². The van der Waals surface area contributed by atoms with Gasteiger partial charge in [0.25, 0.3) is 12.4 Å². The van der Waals surface area contributed by atoms with Gasteiger partial charge >= 0.3 is 0 Å². The minimum atomic E-state index is -0.250. The zero-order chi connectivity index (χ0) is 23.5. The Balaban J connectivity index is 0.00000114. The second-order valence-electron chi connectivity index (χ2n) is 8.69. The van der Waals surface area contributed by atoms with E-state index in [2.05, 4.69) is 36.3 Å². The van der Waals surface area contributed by atoms with Gasteiger partial charge in [-0.3, -0.25) is 19.3 Å². The molecule has 180 valence electrons. The molecule has 3 rings (SSSR count). The molecular formula is C24H39N3O5. The van der Waals surface area contributed by atoms with E-state index in [1.165, 1.54) is 12.8 Å². The summed E-state index contributed by atoms with van der Waals surface area (Å²) in [6.07, 6.45) is 6.66. The number of rotatable bonds is 10. The number of carboxylic acid groups (broad SMARTS) is 1. The van der Waals surface area contributed by atoms with E-state index in [9.17, 15) is 9.59 Å². The van der Waals surface area contributed by atoms with Gasteiger partial charge in [0.1, 0.15) is 5.76 Å². The van der Waals surface area contributed by atoms with E-state index in [0.717, 1.165) is 69.6 Å². The Labute approximate surface area is 191 Å². The number of furan rings is 1. The molecule has 0 bridgehead atoms. The molecule has 2 saturated carbocycles. The Hall–Kier alpha value is -2.35. The Bertz CT molecular complexity index is 732. The van der Waals surface area contributed by atoms with Crippen LogP contribution in [0.5, 0.6) is 0 Å². The number of amides is 2. The van der Waals surface area contributed by atoms with E-state index in [1.54, 1.807) is 0 Å². The average Bonchev–Trinajstić information content (AvgIpc) is 3.54. The second kappa shape index (κ2) is 13.3. The summed E-state index contributed by atoms with van der Waals surface area (Å²) in [7, 11) is 0. The fraction of sp³-hybridized carbons (Fsp3) is 0.708. The van der Waals surface area contributed by atoms with Gasteiger partial charge in [-0.05, 0) is 63.6 Å². The number of aryl methyl sites for hydroxylation is 1. The van der Waals surface area contributed by atoms with Crippen molar-refractivity contribution in [1.29, 1.82) is 0 Å². The third-order valence-corrected chi connectivity index (χ3v) is 6.43. The van der Waals surface area contributed by atoms with Crippen molar-refractivity contribution >= 4 is 18.3 Å². The number of hydrogen-bond acceptors (Lipinski definition) is 5. The van der Waals surface area contributed by atoms with Gasteiger partial charge in [0.2, 0.25) is 5.91 Å². The topological polar surface area (TPSA) is 112 Å². The van der Waals surface area contributed by atoms with E-state index in [4.69, 9.17) is 14.3 Å². The van der Waals surface area contributed by atoms with Crippen LogP contribution in [0.2, 0.25) is 0 Å². The van der Waals surface area contributed by atoms with Gasteiger partial charge in [0, 0.05) is 37.0 Å². The van der Waals surface area contributed by atoms with E-state index >= 15 is 0 Å². The lowest BCUT2D eigenvalue weighted by Crippen LogP contribution is -2.41. The lowest BCUT2D eigenvalue weighted by atomic mass is 9.85. The summed E-state index contributed by atoms with van der Waals surface area (Å²) in [5.74, 6) is 2.18. The Morgan fingerprint density at radius 1 is 1.12 bits per heavy atom. The van der Waals surface area contributed by atoms with Crippen LogP contribution in [-0.4, -0.2) is 54.0 Å². The summed E-state index contributed by atoms with van der Waals surface area (Å²) in [4.78, 5) is 35.7. The standard InChI is InChI=1S/C23H37N3O3.CH2O2/c1-4-20-18(15-26(5-2)6-3)13-21(29-20)23(28)25-19-11-9-17(10-12-19)22(27)24-14-16-7-8-16;2-1-3/h13,16-17,19H,4-12,14-15H2,1-3H3,(H,24,27)(H,25,28);1H,(H,2,3). The molecule has 2 fully saturated rings. The molecule has 0 atom stereocenters. The van der Waals surface area contributed by atoms with Gasteiger partial charge in [-0.1, -0.05) is 20.8 Å². The molecule has 0 aliphatic heterocycles. The van der Waals surface area contributed by atoms with Crippen LogP contribution in [0.4, 0.5) is 0 Å². The Kier molecular flexibility index (Phi) is 10.7. The summed E-state index contributed by atoms with van der Waals surface area (Å²) in [6.45, 7) is 9.70. The molecule has 3 N–H and O–H groups in total. The maximum atomic E-state index is 12.7. The van der Waals surface area contributed by atoms with Crippen LogP contribution in [0.25, 0.3) is 0 Å². The van der Waals surface area contributed by atoms with Gasteiger partial charge in [-0.15, -0.1) is 0 Å². The van der Waals surface area contributed by atoms with Gasteiger partial charge < -0.3 is 20.2 Å². The molecule has 1 aromatic rings. The van der Waals surface area contributed by atoms with Crippen molar-refractivity contribution in [2.45, 2.75) is 78.3 Å². The van der Waals surface area contributed by atoms with Crippen LogP contribution in [0.1, 0.15) is 81.2 Å². The van der Waals surface area contributed by atoms with Crippen molar-refractivity contribution < 1.29 is 23.9 Å². The third-order valence-electron chi connectivity index (χ3n) is 6.43. The van der Waals surface area contributed by atoms with E-state index < -0.39 is 0 Å². The van der Waals surface area contributed by atoms with E-state index in [-0.39, 0.29) is 30.2 Å². The molecule has 32 heavy (non-hydrogen) atoms. The third kappa shape index (κ3) is 7.97. The largest absolute Gasteiger partial charge is 0.483 e. The minimum Gasteiger partial charge on any atom is -0.483 e. The van der Waals surface area contributed by atoms with Gasteiger partial charge in [-0.2, -0.15) is 0 Å². The van der Waals surface area contributed by atoms with Crippen molar-refractivity contribution in [2.75, 3.05) is 19.6 Å².